The zero-order chi connectivity index (χ0) is 15.3. The Hall–Kier alpha value is -1.37. The summed E-state index contributed by atoms with van der Waals surface area (Å²) in [6, 6.07) is 8.99. The molecule has 0 saturated carbocycles. The third-order valence-corrected chi connectivity index (χ3v) is 5.72. The van der Waals surface area contributed by atoms with E-state index >= 15 is 0 Å². The Balaban J connectivity index is 2.26. The van der Waals surface area contributed by atoms with Crippen LogP contribution in [0.3, 0.4) is 0 Å². The highest BCUT2D eigenvalue weighted by Crippen LogP contribution is 2.25. The van der Waals surface area contributed by atoms with E-state index in [1.165, 1.54) is 4.31 Å². The number of para-hydroxylation sites is 1. The molecular formula is C15H20N2O2S2. The summed E-state index contributed by atoms with van der Waals surface area (Å²) in [5.74, 6) is 0. The fourth-order valence-electron chi connectivity index (χ4n) is 1.99. The first-order valence-corrected chi connectivity index (χ1v) is 9.24. The van der Waals surface area contributed by atoms with Gasteiger partial charge in [0.05, 0.1) is 5.69 Å². The van der Waals surface area contributed by atoms with Gasteiger partial charge in [-0.2, -0.15) is 15.6 Å². The van der Waals surface area contributed by atoms with E-state index in [0.717, 1.165) is 18.5 Å². The van der Waals surface area contributed by atoms with E-state index in [-0.39, 0.29) is 0 Å². The van der Waals surface area contributed by atoms with E-state index in [1.807, 2.05) is 29.8 Å². The Bertz CT molecular complexity index is 667. The van der Waals surface area contributed by atoms with Gasteiger partial charge in [0.1, 0.15) is 4.90 Å². The van der Waals surface area contributed by atoms with Crippen LogP contribution in [-0.4, -0.2) is 26.3 Å². The van der Waals surface area contributed by atoms with Crippen molar-refractivity contribution >= 4 is 27.0 Å². The molecule has 0 atom stereocenters. The second-order valence-corrected chi connectivity index (χ2v) is 7.61. The van der Waals surface area contributed by atoms with Crippen LogP contribution in [-0.2, 0) is 16.6 Å². The van der Waals surface area contributed by atoms with Gasteiger partial charge in [0.2, 0.25) is 10.0 Å². The Morgan fingerprint density at radius 3 is 2.67 bits per heavy atom. The molecule has 0 aliphatic carbocycles. The zero-order valence-corrected chi connectivity index (χ0v) is 13.9. The monoisotopic (exact) mass is 324 g/mol. The summed E-state index contributed by atoms with van der Waals surface area (Å²) in [5, 5.41) is 7.10. The molecule has 1 aromatic carbocycles. The summed E-state index contributed by atoms with van der Waals surface area (Å²) in [4.78, 5) is 0.330. The molecule has 0 saturated heterocycles. The second kappa shape index (κ2) is 7.06. The van der Waals surface area contributed by atoms with Gasteiger partial charge in [-0.25, -0.2) is 8.42 Å². The van der Waals surface area contributed by atoms with E-state index in [1.54, 1.807) is 36.6 Å². The van der Waals surface area contributed by atoms with Crippen LogP contribution >= 0.6 is 11.3 Å². The Kier molecular flexibility index (Phi) is 5.39. The Morgan fingerprint density at radius 1 is 1.24 bits per heavy atom. The lowest BCUT2D eigenvalue weighted by Crippen LogP contribution is -2.27. The Labute approximate surface area is 130 Å². The maximum Gasteiger partial charge on any atom is 0.245 e. The molecule has 21 heavy (non-hydrogen) atoms. The average molecular weight is 324 g/mol. The van der Waals surface area contributed by atoms with Crippen LogP contribution < -0.4 is 5.32 Å². The first-order valence-electron chi connectivity index (χ1n) is 6.86. The second-order valence-electron chi connectivity index (χ2n) is 4.82. The molecule has 2 aromatic rings. The first-order chi connectivity index (χ1) is 10.1. The van der Waals surface area contributed by atoms with Crippen LogP contribution in [0.5, 0.6) is 0 Å². The minimum Gasteiger partial charge on any atom is -0.384 e. The lowest BCUT2D eigenvalue weighted by atomic mass is 10.3. The van der Waals surface area contributed by atoms with Crippen LogP contribution in [0.2, 0.25) is 0 Å². The quantitative estimate of drug-likeness (QED) is 0.849. The molecule has 0 bridgehead atoms. The lowest BCUT2D eigenvalue weighted by molar-refractivity contribution is 0.467. The van der Waals surface area contributed by atoms with Gasteiger partial charge >= 0.3 is 0 Å². The molecule has 2 rings (SSSR count). The SMILES string of the molecule is CCCNc1ccccc1S(=O)(=O)N(C)Cc1ccsc1. The van der Waals surface area contributed by atoms with Crippen LogP contribution in [0, 0.1) is 0 Å². The molecule has 1 N–H and O–H groups in total. The molecule has 114 valence electrons. The van der Waals surface area contributed by atoms with Crippen LogP contribution in [0.1, 0.15) is 18.9 Å². The number of anilines is 1. The predicted molar refractivity (Wildman–Crippen MR) is 88.2 cm³/mol. The maximum atomic E-state index is 12.7. The topological polar surface area (TPSA) is 49.4 Å². The number of thiophene rings is 1. The van der Waals surface area contributed by atoms with Gasteiger partial charge in [0, 0.05) is 20.1 Å². The number of nitrogens with one attached hydrogen (secondary N) is 1. The first kappa shape index (κ1) is 16.0. The molecule has 0 aliphatic rings. The lowest BCUT2D eigenvalue weighted by Gasteiger charge is -2.19. The smallest absolute Gasteiger partial charge is 0.245 e. The highest BCUT2D eigenvalue weighted by Gasteiger charge is 2.23. The van der Waals surface area contributed by atoms with Gasteiger partial charge in [-0.05, 0) is 40.9 Å². The van der Waals surface area contributed by atoms with Crippen LogP contribution in [0.25, 0.3) is 0 Å². The standard InChI is InChI=1S/C15H20N2O2S2/c1-3-9-16-14-6-4-5-7-15(14)21(18,19)17(2)11-13-8-10-20-12-13/h4-8,10,12,16H,3,9,11H2,1-2H3. The number of sulfonamides is 1. The Morgan fingerprint density at radius 2 is 2.00 bits per heavy atom. The van der Waals surface area contributed by atoms with Crippen molar-refractivity contribution in [1.29, 1.82) is 0 Å². The number of nitrogens with zero attached hydrogens (tertiary/aromatic N) is 1. The number of hydrogen-bond donors (Lipinski definition) is 1. The molecule has 0 spiro atoms. The number of rotatable bonds is 7. The molecule has 0 aliphatic heterocycles. The van der Waals surface area contributed by atoms with E-state index in [0.29, 0.717) is 17.1 Å². The van der Waals surface area contributed by atoms with Crippen molar-refractivity contribution in [2.45, 2.75) is 24.8 Å². The van der Waals surface area contributed by atoms with E-state index < -0.39 is 10.0 Å². The fourth-order valence-corrected chi connectivity index (χ4v) is 3.97. The highest BCUT2D eigenvalue weighted by atomic mass is 32.2. The predicted octanol–water partition coefficient (Wildman–Crippen LogP) is 3.39. The summed E-state index contributed by atoms with van der Waals surface area (Å²) in [6.07, 6.45) is 0.944. The minimum atomic E-state index is -3.50. The molecule has 0 amide bonds. The van der Waals surface area contributed by atoms with E-state index in [2.05, 4.69) is 5.32 Å². The van der Waals surface area contributed by atoms with Crippen molar-refractivity contribution in [3.63, 3.8) is 0 Å². The molecule has 0 unspecified atom stereocenters. The van der Waals surface area contributed by atoms with Crippen LogP contribution in [0.15, 0.2) is 46.0 Å². The number of benzene rings is 1. The van der Waals surface area contributed by atoms with Gasteiger partial charge in [0.25, 0.3) is 0 Å². The fraction of sp³-hybridized carbons (Fsp3) is 0.333. The van der Waals surface area contributed by atoms with Gasteiger partial charge in [-0.15, -0.1) is 0 Å². The molecule has 1 heterocycles. The molecule has 4 nitrogen and oxygen atoms in total. The summed E-state index contributed by atoms with van der Waals surface area (Å²) in [5.41, 5.74) is 1.67. The number of hydrogen-bond acceptors (Lipinski definition) is 4. The largest absolute Gasteiger partial charge is 0.384 e. The summed E-state index contributed by atoms with van der Waals surface area (Å²) >= 11 is 1.57. The van der Waals surface area contributed by atoms with Crippen molar-refractivity contribution in [2.75, 3.05) is 18.9 Å². The third-order valence-electron chi connectivity index (χ3n) is 3.13. The van der Waals surface area contributed by atoms with Gasteiger partial charge in [0.15, 0.2) is 0 Å². The van der Waals surface area contributed by atoms with Crippen molar-refractivity contribution in [3.8, 4) is 0 Å². The van der Waals surface area contributed by atoms with Gasteiger partial charge in [-0.1, -0.05) is 19.1 Å². The molecule has 0 radical (unpaired) electrons. The maximum absolute atomic E-state index is 12.7. The van der Waals surface area contributed by atoms with Gasteiger partial charge < -0.3 is 5.32 Å². The molecule has 1 aromatic heterocycles. The third kappa shape index (κ3) is 3.84. The van der Waals surface area contributed by atoms with Crippen molar-refractivity contribution in [2.24, 2.45) is 0 Å². The molecule has 0 fully saturated rings. The average Bonchev–Trinajstić information content (AvgIpc) is 2.98. The zero-order valence-electron chi connectivity index (χ0n) is 12.2. The summed E-state index contributed by atoms with van der Waals surface area (Å²) in [6.45, 7) is 3.18. The summed E-state index contributed by atoms with van der Waals surface area (Å²) in [7, 11) is -1.89. The summed E-state index contributed by atoms with van der Waals surface area (Å²) < 4.78 is 26.9. The van der Waals surface area contributed by atoms with Crippen molar-refractivity contribution in [3.05, 3.63) is 46.7 Å². The van der Waals surface area contributed by atoms with Crippen molar-refractivity contribution < 1.29 is 8.42 Å². The van der Waals surface area contributed by atoms with Crippen LogP contribution in [0.4, 0.5) is 5.69 Å². The van der Waals surface area contributed by atoms with Gasteiger partial charge in [-0.3, -0.25) is 0 Å². The molecule has 6 heteroatoms. The molecular weight excluding hydrogens is 304 g/mol. The van der Waals surface area contributed by atoms with E-state index in [9.17, 15) is 8.42 Å². The van der Waals surface area contributed by atoms with Crippen molar-refractivity contribution in [1.82, 2.24) is 4.31 Å². The minimum absolute atomic E-state index is 0.330. The van der Waals surface area contributed by atoms with E-state index in [4.69, 9.17) is 0 Å². The highest BCUT2D eigenvalue weighted by molar-refractivity contribution is 7.89. The normalized spacial score (nSPS) is 11.8.